The molecule has 1 aromatic heterocycles. The van der Waals surface area contributed by atoms with Crippen LogP contribution in [0.4, 0.5) is 17.3 Å². The number of nitrogens with one attached hydrogen (secondary N) is 2. The number of rotatable bonds is 5. The van der Waals surface area contributed by atoms with Crippen LogP contribution in [0.3, 0.4) is 0 Å². The Morgan fingerprint density at radius 2 is 1.96 bits per heavy atom. The molecule has 2 aromatic rings. The van der Waals surface area contributed by atoms with Gasteiger partial charge in [0.1, 0.15) is 17.8 Å². The van der Waals surface area contributed by atoms with E-state index in [0.29, 0.717) is 28.6 Å². The van der Waals surface area contributed by atoms with E-state index in [1.54, 1.807) is 24.3 Å². The van der Waals surface area contributed by atoms with Crippen molar-refractivity contribution in [3.05, 3.63) is 36.2 Å². The Labute approximate surface area is 146 Å². The minimum atomic E-state index is -0.338. The van der Waals surface area contributed by atoms with Gasteiger partial charge in [0.15, 0.2) is 11.6 Å². The number of nitrogens with zero attached hydrogens (tertiary/aromatic N) is 3. The van der Waals surface area contributed by atoms with E-state index in [1.165, 1.54) is 19.9 Å². The summed E-state index contributed by atoms with van der Waals surface area (Å²) in [5.41, 5.74) is 12.4. The largest absolute Gasteiger partial charge is 0.496 e. The molecule has 0 spiro atoms. The van der Waals surface area contributed by atoms with Crippen molar-refractivity contribution in [3.8, 4) is 5.75 Å². The second kappa shape index (κ2) is 7.69. The van der Waals surface area contributed by atoms with Crippen LogP contribution < -0.4 is 26.2 Å². The number of para-hydroxylation sites is 1. The van der Waals surface area contributed by atoms with E-state index < -0.39 is 0 Å². The molecule has 0 atom stereocenters. The molecule has 1 saturated heterocycles. The van der Waals surface area contributed by atoms with E-state index in [2.05, 4.69) is 25.7 Å². The number of piperidine rings is 1. The predicted molar refractivity (Wildman–Crippen MR) is 96.6 cm³/mol. The fourth-order valence-electron chi connectivity index (χ4n) is 2.86. The number of carbonyl (C=O) groups excluding carboxylic acids is 1. The summed E-state index contributed by atoms with van der Waals surface area (Å²) >= 11 is 0. The van der Waals surface area contributed by atoms with Gasteiger partial charge in [-0.1, -0.05) is 12.1 Å². The van der Waals surface area contributed by atoms with Crippen LogP contribution in [0.25, 0.3) is 0 Å². The average molecular weight is 342 g/mol. The van der Waals surface area contributed by atoms with E-state index >= 15 is 0 Å². The molecule has 132 valence electrons. The van der Waals surface area contributed by atoms with E-state index in [-0.39, 0.29) is 5.91 Å². The Morgan fingerprint density at radius 1 is 1.20 bits per heavy atom. The van der Waals surface area contributed by atoms with E-state index in [9.17, 15) is 4.79 Å². The molecule has 0 saturated carbocycles. The third-order valence-electron chi connectivity index (χ3n) is 4.16. The summed E-state index contributed by atoms with van der Waals surface area (Å²) in [4.78, 5) is 22.9. The van der Waals surface area contributed by atoms with Crippen molar-refractivity contribution in [2.24, 2.45) is 0 Å². The van der Waals surface area contributed by atoms with Crippen molar-refractivity contribution in [2.75, 3.05) is 36.3 Å². The number of nitrogen functional groups attached to an aromatic ring is 1. The van der Waals surface area contributed by atoms with Gasteiger partial charge in [-0.25, -0.2) is 9.97 Å². The summed E-state index contributed by atoms with van der Waals surface area (Å²) in [6.45, 7) is 1.85. The van der Waals surface area contributed by atoms with Gasteiger partial charge in [-0.3, -0.25) is 15.6 Å². The van der Waals surface area contributed by atoms with E-state index in [4.69, 9.17) is 10.5 Å². The van der Waals surface area contributed by atoms with Crippen molar-refractivity contribution < 1.29 is 9.53 Å². The van der Waals surface area contributed by atoms with Crippen LogP contribution in [0, 0.1) is 0 Å². The first-order valence-corrected chi connectivity index (χ1v) is 8.25. The zero-order valence-electron chi connectivity index (χ0n) is 14.2. The monoisotopic (exact) mass is 342 g/mol. The topological polar surface area (TPSA) is 105 Å². The van der Waals surface area contributed by atoms with Crippen LogP contribution in [0.5, 0.6) is 5.75 Å². The Morgan fingerprint density at radius 3 is 2.72 bits per heavy atom. The zero-order valence-corrected chi connectivity index (χ0v) is 14.2. The highest BCUT2D eigenvalue weighted by Gasteiger charge is 2.18. The standard InChI is InChI=1S/C17H22N6O2/c1-25-13-8-4-3-7-12(13)17(24)22-21-15-14(18)16(20-11-19-15)23-9-5-2-6-10-23/h3-4,7-8,11H,2,5-6,9-10,18H2,1H3,(H,22,24)(H,19,20,21). The van der Waals surface area contributed by atoms with Crippen molar-refractivity contribution in [2.45, 2.75) is 19.3 Å². The molecule has 2 heterocycles. The summed E-state index contributed by atoms with van der Waals surface area (Å²) in [5, 5.41) is 0. The van der Waals surface area contributed by atoms with Crippen LogP contribution in [-0.2, 0) is 0 Å². The number of carbonyl (C=O) groups is 1. The van der Waals surface area contributed by atoms with Gasteiger partial charge in [-0.15, -0.1) is 0 Å². The smallest absolute Gasteiger partial charge is 0.273 e. The normalized spacial score (nSPS) is 14.0. The number of ether oxygens (including phenoxy) is 1. The number of anilines is 3. The number of methoxy groups -OCH3 is 1. The van der Waals surface area contributed by atoms with Crippen LogP contribution in [-0.4, -0.2) is 36.1 Å². The number of hydrogen-bond acceptors (Lipinski definition) is 7. The van der Waals surface area contributed by atoms with Crippen LogP contribution >= 0.6 is 0 Å². The van der Waals surface area contributed by atoms with Gasteiger partial charge in [0.05, 0.1) is 12.7 Å². The van der Waals surface area contributed by atoms with Gasteiger partial charge >= 0.3 is 0 Å². The summed E-state index contributed by atoms with van der Waals surface area (Å²) < 4.78 is 5.20. The van der Waals surface area contributed by atoms with E-state index in [0.717, 1.165) is 25.9 Å². The quantitative estimate of drug-likeness (QED) is 0.712. The number of nitrogens with two attached hydrogens (primary N) is 1. The third-order valence-corrected chi connectivity index (χ3v) is 4.16. The number of benzene rings is 1. The Balaban J connectivity index is 1.72. The molecule has 4 N–H and O–H groups in total. The molecule has 1 aliphatic rings. The highest BCUT2D eigenvalue weighted by atomic mass is 16.5. The molecule has 25 heavy (non-hydrogen) atoms. The Hall–Kier alpha value is -3.03. The van der Waals surface area contributed by atoms with Crippen molar-refractivity contribution >= 4 is 23.2 Å². The summed E-state index contributed by atoms with van der Waals surface area (Å²) in [5.74, 6) is 1.23. The Kier molecular flexibility index (Phi) is 5.17. The third kappa shape index (κ3) is 3.73. The lowest BCUT2D eigenvalue weighted by atomic mass is 10.1. The molecule has 0 aliphatic carbocycles. The molecule has 8 nitrogen and oxygen atoms in total. The van der Waals surface area contributed by atoms with Gasteiger partial charge in [-0.2, -0.15) is 0 Å². The number of aromatic nitrogens is 2. The van der Waals surface area contributed by atoms with Crippen molar-refractivity contribution in [1.29, 1.82) is 0 Å². The summed E-state index contributed by atoms with van der Waals surface area (Å²) in [6.07, 6.45) is 4.91. The first-order valence-electron chi connectivity index (χ1n) is 8.25. The molecule has 3 rings (SSSR count). The minimum Gasteiger partial charge on any atom is -0.496 e. The van der Waals surface area contributed by atoms with Crippen LogP contribution in [0.2, 0.25) is 0 Å². The summed E-state index contributed by atoms with van der Waals surface area (Å²) in [7, 11) is 1.52. The Bertz CT molecular complexity index is 746. The molecule has 1 fully saturated rings. The fraction of sp³-hybridized carbons (Fsp3) is 0.353. The van der Waals surface area contributed by atoms with Gasteiger partial charge in [0.2, 0.25) is 0 Å². The molecule has 8 heteroatoms. The molecular formula is C17H22N6O2. The predicted octanol–water partition coefficient (Wildman–Crippen LogP) is 1.81. The number of amides is 1. The van der Waals surface area contributed by atoms with Crippen molar-refractivity contribution in [1.82, 2.24) is 15.4 Å². The lowest BCUT2D eigenvalue weighted by molar-refractivity contribution is 0.0959. The molecule has 0 bridgehead atoms. The maximum Gasteiger partial charge on any atom is 0.273 e. The average Bonchev–Trinajstić information content (AvgIpc) is 2.67. The van der Waals surface area contributed by atoms with Gasteiger partial charge in [0, 0.05) is 13.1 Å². The van der Waals surface area contributed by atoms with Gasteiger partial charge in [0.25, 0.3) is 5.91 Å². The fourth-order valence-corrected chi connectivity index (χ4v) is 2.86. The molecule has 1 amide bonds. The maximum absolute atomic E-state index is 12.3. The lowest BCUT2D eigenvalue weighted by Gasteiger charge is -2.28. The van der Waals surface area contributed by atoms with Crippen LogP contribution in [0.15, 0.2) is 30.6 Å². The second-order valence-electron chi connectivity index (χ2n) is 5.79. The molecule has 1 aromatic carbocycles. The maximum atomic E-state index is 12.3. The van der Waals surface area contributed by atoms with Gasteiger partial charge in [-0.05, 0) is 31.4 Å². The first-order chi connectivity index (χ1) is 12.2. The number of hydrazine groups is 1. The molecule has 1 aliphatic heterocycles. The molecule has 0 unspecified atom stereocenters. The number of hydrogen-bond donors (Lipinski definition) is 3. The highest BCUT2D eigenvalue weighted by molar-refractivity contribution is 5.97. The highest BCUT2D eigenvalue weighted by Crippen LogP contribution is 2.28. The van der Waals surface area contributed by atoms with Crippen LogP contribution in [0.1, 0.15) is 29.6 Å². The second-order valence-corrected chi connectivity index (χ2v) is 5.79. The van der Waals surface area contributed by atoms with Crippen molar-refractivity contribution in [3.63, 3.8) is 0 Å². The zero-order chi connectivity index (χ0) is 17.6. The van der Waals surface area contributed by atoms with E-state index in [1.807, 2.05) is 0 Å². The summed E-state index contributed by atoms with van der Waals surface area (Å²) in [6, 6.07) is 6.97. The first kappa shape index (κ1) is 16.8. The lowest BCUT2D eigenvalue weighted by Crippen LogP contribution is -2.33. The molecule has 0 radical (unpaired) electrons. The van der Waals surface area contributed by atoms with Gasteiger partial charge < -0.3 is 15.4 Å². The minimum absolute atomic E-state index is 0.338. The molecular weight excluding hydrogens is 320 g/mol. The SMILES string of the molecule is COc1ccccc1C(=O)NNc1ncnc(N2CCCCC2)c1N.